The minimum absolute atomic E-state index is 0.248. The average Bonchev–Trinajstić information content (AvgIpc) is 2.63. The fourth-order valence-electron chi connectivity index (χ4n) is 1.52. The maximum atomic E-state index is 11.0. The van der Waals surface area contributed by atoms with Crippen molar-refractivity contribution in [2.45, 2.75) is 12.8 Å². The lowest BCUT2D eigenvalue weighted by atomic mass is 10.1. The van der Waals surface area contributed by atoms with Crippen molar-refractivity contribution in [3.05, 3.63) is 53.6 Å². The Kier molecular flexibility index (Phi) is 2.59. The van der Waals surface area contributed by atoms with Crippen molar-refractivity contribution < 1.29 is 4.79 Å². The molecule has 0 saturated heterocycles. The van der Waals surface area contributed by atoms with E-state index in [1.54, 1.807) is 6.08 Å². The van der Waals surface area contributed by atoms with Gasteiger partial charge in [-0.3, -0.25) is 4.79 Å². The molecule has 1 aliphatic carbocycles. The third-order valence-corrected chi connectivity index (χ3v) is 2.30. The third kappa shape index (κ3) is 2.19. The highest BCUT2D eigenvalue weighted by molar-refractivity contribution is 5.93. The monoisotopic (exact) mass is 184 g/mol. The van der Waals surface area contributed by atoms with Gasteiger partial charge >= 0.3 is 0 Å². The van der Waals surface area contributed by atoms with Gasteiger partial charge in [0.2, 0.25) is 0 Å². The van der Waals surface area contributed by atoms with E-state index in [-0.39, 0.29) is 5.78 Å². The van der Waals surface area contributed by atoms with Crippen molar-refractivity contribution in [2.24, 2.45) is 0 Å². The second-order valence-corrected chi connectivity index (χ2v) is 3.43. The zero-order chi connectivity index (χ0) is 9.80. The van der Waals surface area contributed by atoms with E-state index < -0.39 is 0 Å². The van der Waals surface area contributed by atoms with Gasteiger partial charge in [-0.15, -0.1) is 0 Å². The van der Waals surface area contributed by atoms with Crippen molar-refractivity contribution in [2.75, 3.05) is 0 Å². The fraction of sp³-hybridized carbons (Fsp3) is 0.154. The first-order valence-corrected chi connectivity index (χ1v) is 4.81. The molecule has 0 radical (unpaired) electrons. The summed E-state index contributed by atoms with van der Waals surface area (Å²) in [6.07, 6.45) is 7.38. The Balaban J connectivity index is 2.08. The van der Waals surface area contributed by atoms with Crippen molar-refractivity contribution in [1.82, 2.24) is 0 Å². The summed E-state index contributed by atoms with van der Waals surface area (Å²) in [7, 11) is 0. The van der Waals surface area contributed by atoms with Gasteiger partial charge in [0.15, 0.2) is 5.78 Å². The second-order valence-electron chi connectivity index (χ2n) is 3.43. The van der Waals surface area contributed by atoms with E-state index in [2.05, 4.69) is 0 Å². The fourth-order valence-corrected chi connectivity index (χ4v) is 1.52. The maximum Gasteiger partial charge on any atom is 0.156 e. The van der Waals surface area contributed by atoms with Gasteiger partial charge in [-0.1, -0.05) is 42.5 Å². The topological polar surface area (TPSA) is 17.1 Å². The van der Waals surface area contributed by atoms with Crippen LogP contribution < -0.4 is 0 Å². The minimum Gasteiger partial charge on any atom is -0.295 e. The van der Waals surface area contributed by atoms with E-state index in [1.807, 2.05) is 42.5 Å². The molecule has 1 aliphatic rings. The van der Waals surface area contributed by atoms with Gasteiger partial charge in [0.25, 0.3) is 0 Å². The number of rotatable bonds is 2. The summed E-state index contributed by atoms with van der Waals surface area (Å²) in [5.74, 6) is 0.248. The van der Waals surface area contributed by atoms with Crippen LogP contribution in [-0.4, -0.2) is 5.78 Å². The Morgan fingerprint density at radius 1 is 1.00 bits per heavy atom. The van der Waals surface area contributed by atoms with Crippen LogP contribution in [0.2, 0.25) is 0 Å². The minimum atomic E-state index is 0.248. The number of carbonyl (C=O) groups is 1. The first-order valence-electron chi connectivity index (χ1n) is 4.81. The first-order chi connectivity index (χ1) is 6.84. The van der Waals surface area contributed by atoms with Crippen LogP contribution in [0.5, 0.6) is 0 Å². The smallest absolute Gasteiger partial charge is 0.156 e. The highest BCUT2D eigenvalue weighted by Gasteiger charge is 2.08. The SMILES string of the molecule is O=C1C=C(/C=C/c2ccccc2)CC1. The molecule has 0 amide bonds. The molecule has 70 valence electrons. The molecule has 14 heavy (non-hydrogen) atoms. The molecule has 2 rings (SSSR count). The summed E-state index contributed by atoms with van der Waals surface area (Å²) < 4.78 is 0. The molecule has 0 N–H and O–H groups in total. The highest BCUT2D eigenvalue weighted by atomic mass is 16.1. The number of carbonyl (C=O) groups excluding carboxylic acids is 1. The van der Waals surface area contributed by atoms with Gasteiger partial charge in [-0.25, -0.2) is 0 Å². The number of hydrogen-bond acceptors (Lipinski definition) is 1. The van der Waals surface area contributed by atoms with E-state index in [0.717, 1.165) is 12.0 Å². The first kappa shape index (κ1) is 8.95. The van der Waals surface area contributed by atoms with Gasteiger partial charge in [-0.2, -0.15) is 0 Å². The number of allylic oxidation sites excluding steroid dienone is 3. The summed E-state index contributed by atoms with van der Waals surface area (Å²) in [5, 5.41) is 0. The molecule has 0 aromatic heterocycles. The zero-order valence-electron chi connectivity index (χ0n) is 7.94. The van der Waals surface area contributed by atoms with Crippen LogP contribution in [0.4, 0.5) is 0 Å². The van der Waals surface area contributed by atoms with Crippen LogP contribution in [0.15, 0.2) is 48.1 Å². The van der Waals surface area contributed by atoms with Crippen molar-refractivity contribution in [3.8, 4) is 0 Å². The molecule has 0 aliphatic heterocycles. The molecule has 1 aromatic rings. The maximum absolute atomic E-state index is 11.0. The lowest BCUT2D eigenvalue weighted by molar-refractivity contribution is -0.114. The largest absolute Gasteiger partial charge is 0.295 e. The molecule has 0 heterocycles. The molecule has 0 bridgehead atoms. The van der Waals surface area contributed by atoms with Crippen LogP contribution in [-0.2, 0) is 4.79 Å². The predicted molar refractivity (Wildman–Crippen MR) is 57.8 cm³/mol. The lowest BCUT2D eigenvalue weighted by Gasteiger charge is -1.92. The molecular formula is C13H12O. The molecule has 0 fully saturated rings. The molecule has 1 nitrogen and oxygen atoms in total. The number of benzene rings is 1. The van der Waals surface area contributed by atoms with Crippen molar-refractivity contribution in [1.29, 1.82) is 0 Å². The average molecular weight is 184 g/mol. The van der Waals surface area contributed by atoms with E-state index >= 15 is 0 Å². The number of ketones is 1. The van der Waals surface area contributed by atoms with Crippen LogP contribution >= 0.6 is 0 Å². The van der Waals surface area contributed by atoms with Gasteiger partial charge in [0, 0.05) is 6.42 Å². The molecular weight excluding hydrogens is 172 g/mol. The summed E-state index contributed by atoms with van der Waals surface area (Å²) >= 11 is 0. The van der Waals surface area contributed by atoms with Crippen molar-refractivity contribution in [3.63, 3.8) is 0 Å². The van der Waals surface area contributed by atoms with Gasteiger partial charge in [0.05, 0.1) is 0 Å². The molecule has 0 atom stereocenters. The lowest BCUT2D eigenvalue weighted by Crippen LogP contribution is -1.80. The Hall–Kier alpha value is -1.63. The Bertz CT molecular complexity index is 385. The van der Waals surface area contributed by atoms with E-state index in [4.69, 9.17) is 0 Å². The van der Waals surface area contributed by atoms with Gasteiger partial charge in [0.1, 0.15) is 0 Å². The van der Waals surface area contributed by atoms with Crippen LogP contribution in [0.1, 0.15) is 18.4 Å². The van der Waals surface area contributed by atoms with E-state index in [9.17, 15) is 4.79 Å². The molecule has 1 heteroatoms. The Labute approximate surface area is 83.8 Å². The van der Waals surface area contributed by atoms with Crippen LogP contribution in [0.3, 0.4) is 0 Å². The zero-order valence-corrected chi connectivity index (χ0v) is 7.94. The Morgan fingerprint density at radius 3 is 2.43 bits per heavy atom. The van der Waals surface area contributed by atoms with Gasteiger partial charge < -0.3 is 0 Å². The molecule has 0 saturated carbocycles. The highest BCUT2D eigenvalue weighted by Crippen LogP contribution is 2.17. The summed E-state index contributed by atoms with van der Waals surface area (Å²) in [4.78, 5) is 11.0. The van der Waals surface area contributed by atoms with Gasteiger partial charge in [-0.05, 0) is 23.6 Å². The summed E-state index contributed by atoms with van der Waals surface area (Å²) in [5.41, 5.74) is 2.31. The standard InChI is InChI=1S/C13H12O/c14-13-9-8-12(10-13)7-6-11-4-2-1-3-5-11/h1-7,10H,8-9H2/b7-6+. The normalized spacial score (nSPS) is 16.3. The van der Waals surface area contributed by atoms with Crippen molar-refractivity contribution >= 4 is 11.9 Å². The molecule has 0 spiro atoms. The summed E-state index contributed by atoms with van der Waals surface area (Å²) in [6, 6.07) is 10.1. The second kappa shape index (κ2) is 4.05. The molecule has 0 unspecified atom stereocenters. The molecule has 1 aromatic carbocycles. The Morgan fingerprint density at radius 2 is 1.79 bits per heavy atom. The third-order valence-electron chi connectivity index (χ3n) is 2.30. The number of hydrogen-bond donors (Lipinski definition) is 0. The summed E-state index contributed by atoms with van der Waals surface area (Å²) in [6.45, 7) is 0. The predicted octanol–water partition coefficient (Wildman–Crippen LogP) is 2.99. The van der Waals surface area contributed by atoms with E-state index in [1.165, 1.54) is 5.56 Å². The van der Waals surface area contributed by atoms with E-state index in [0.29, 0.717) is 6.42 Å². The van der Waals surface area contributed by atoms with Crippen LogP contribution in [0, 0.1) is 0 Å². The van der Waals surface area contributed by atoms with Crippen LogP contribution in [0.25, 0.3) is 6.08 Å². The quantitative estimate of drug-likeness (QED) is 0.690.